The van der Waals surface area contributed by atoms with Crippen molar-refractivity contribution in [1.29, 1.82) is 0 Å². The number of methoxy groups -OCH3 is 1. The van der Waals surface area contributed by atoms with E-state index in [0.29, 0.717) is 10.6 Å². The number of thiophene rings is 1. The normalized spacial score (nSPS) is 14.6. The van der Waals surface area contributed by atoms with Crippen LogP contribution in [0.25, 0.3) is 0 Å². The van der Waals surface area contributed by atoms with Gasteiger partial charge in [-0.25, -0.2) is 4.79 Å². The molecule has 6 heteroatoms. The quantitative estimate of drug-likeness (QED) is 0.663. The summed E-state index contributed by atoms with van der Waals surface area (Å²) >= 11 is 4.82. The first-order valence-corrected chi connectivity index (χ1v) is 8.18. The third-order valence-electron chi connectivity index (χ3n) is 3.33. The van der Waals surface area contributed by atoms with E-state index >= 15 is 0 Å². The number of hydrogen-bond donors (Lipinski definition) is 1. The molecule has 1 aliphatic carbocycles. The average Bonchev–Trinajstić information content (AvgIpc) is 2.74. The fourth-order valence-corrected chi connectivity index (χ4v) is 3.60. The van der Waals surface area contributed by atoms with Crippen LogP contribution in [0.15, 0.2) is 0 Å². The van der Waals surface area contributed by atoms with Crippen molar-refractivity contribution < 1.29 is 14.3 Å². The summed E-state index contributed by atoms with van der Waals surface area (Å²) in [6.45, 7) is 3.54. The minimum atomic E-state index is -0.676. The van der Waals surface area contributed by atoms with Gasteiger partial charge in [0.15, 0.2) is 0 Å². The smallest absolute Gasteiger partial charge is 0.341 e. The summed E-state index contributed by atoms with van der Waals surface area (Å²) in [7, 11) is 1.37. The molecular formula is C14H18BrNO3S. The van der Waals surface area contributed by atoms with Gasteiger partial charge in [-0.05, 0) is 45.1 Å². The number of aryl methyl sites for hydroxylation is 1. The fourth-order valence-electron chi connectivity index (χ4n) is 2.22. The van der Waals surface area contributed by atoms with Gasteiger partial charge < -0.3 is 10.1 Å². The molecule has 1 aromatic rings. The Bertz CT molecular complexity index is 545. The van der Waals surface area contributed by atoms with Crippen LogP contribution >= 0.6 is 27.3 Å². The van der Waals surface area contributed by atoms with Crippen molar-refractivity contribution in [2.24, 2.45) is 0 Å². The van der Waals surface area contributed by atoms with Crippen LogP contribution in [0.4, 0.5) is 5.00 Å². The zero-order valence-electron chi connectivity index (χ0n) is 11.8. The minimum absolute atomic E-state index is 0.166. The van der Waals surface area contributed by atoms with Crippen LogP contribution in [0.5, 0.6) is 0 Å². The van der Waals surface area contributed by atoms with Crippen LogP contribution < -0.4 is 5.32 Å². The number of ether oxygens (including phenoxy) is 1. The van der Waals surface area contributed by atoms with E-state index in [-0.39, 0.29) is 11.9 Å². The molecule has 0 aliphatic heterocycles. The number of carbonyl (C=O) groups excluding carboxylic acids is 2. The molecule has 0 aromatic carbocycles. The Balaban J connectivity index is 2.39. The predicted molar refractivity (Wildman–Crippen MR) is 83.9 cm³/mol. The lowest BCUT2D eigenvalue weighted by molar-refractivity contribution is -0.117. The van der Waals surface area contributed by atoms with Gasteiger partial charge in [0, 0.05) is 4.88 Å². The zero-order valence-corrected chi connectivity index (χ0v) is 14.2. The maximum atomic E-state index is 12.1. The van der Waals surface area contributed by atoms with E-state index in [2.05, 4.69) is 21.2 Å². The van der Waals surface area contributed by atoms with E-state index in [1.807, 2.05) is 0 Å². The number of anilines is 1. The molecule has 0 fully saturated rings. The third kappa shape index (κ3) is 3.06. The number of rotatable bonds is 3. The number of esters is 1. The number of halogens is 1. The third-order valence-corrected chi connectivity index (χ3v) is 4.90. The van der Waals surface area contributed by atoms with Gasteiger partial charge in [-0.1, -0.05) is 15.9 Å². The van der Waals surface area contributed by atoms with Gasteiger partial charge in [-0.15, -0.1) is 11.3 Å². The Kier molecular flexibility index (Phi) is 4.54. The molecule has 1 N–H and O–H groups in total. The van der Waals surface area contributed by atoms with Crippen LogP contribution in [0.2, 0.25) is 0 Å². The minimum Gasteiger partial charge on any atom is -0.465 e. The van der Waals surface area contributed by atoms with Crippen molar-refractivity contribution in [2.75, 3.05) is 12.4 Å². The number of nitrogens with one attached hydrogen (secondary N) is 1. The molecule has 2 rings (SSSR count). The number of alkyl halides is 1. The second-order valence-electron chi connectivity index (χ2n) is 5.33. The molecule has 1 aromatic heterocycles. The molecule has 0 radical (unpaired) electrons. The van der Waals surface area contributed by atoms with Gasteiger partial charge in [0.25, 0.3) is 0 Å². The summed E-state index contributed by atoms with van der Waals surface area (Å²) in [6, 6.07) is 0. The van der Waals surface area contributed by atoms with E-state index in [4.69, 9.17) is 4.74 Å². The summed E-state index contributed by atoms with van der Waals surface area (Å²) in [5.41, 5.74) is 1.59. The Morgan fingerprint density at radius 3 is 2.55 bits per heavy atom. The van der Waals surface area contributed by atoms with Crippen molar-refractivity contribution >= 4 is 44.1 Å². The number of fused-ring (bicyclic) bond motifs is 1. The molecule has 0 spiro atoms. The molecule has 1 aliphatic rings. The molecule has 0 atom stereocenters. The van der Waals surface area contributed by atoms with Gasteiger partial charge in [0.1, 0.15) is 5.00 Å². The van der Waals surface area contributed by atoms with E-state index < -0.39 is 4.32 Å². The van der Waals surface area contributed by atoms with E-state index in [0.717, 1.165) is 31.2 Å². The summed E-state index contributed by atoms with van der Waals surface area (Å²) in [5.74, 6) is -0.534. The first-order valence-electron chi connectivity index (χ1n) is 6.57. The summed E-state index contributed by atoms with van der Waals surface area (Å²) < 4.78 is 4.20. The summed E-state index contributed by atoms with van der Waals surface area (Å²) in [6.07, 6.45) is 4.05. The summed E-state index contributed by atoms with van der Waals surface area (Å²) in [4.78, 5) is 25.3. The standard InChI is InChI=1S/C14H18BrNO3S/c1-14(2,15)13(18)16-11-10(12(17)19-3)8-6-4-5-7-9(8)20-11/h4-7H2,1-3H3,(H,16,18). The van der Waals surface area contributed by atoms with Gasteiger partial charge >= 0.3 is 5.97 Å². The highest BCUT2D eigenvalue weighted by Gasteiger charge is 2.30. The van der Waals surface area contributed by atoms with Gasteiger partial charge in [0.05, 0.1) is 17.0 Å². The molecule has 0 saturated carbocycles. The number of carbonyl (C=O) groups is 2. The highest BCUT2D eigenvalue weighted by Crippen LogP contribution is 2.39. The Morgan fingerprint density at radius 2 is 1.95 bits per heavy atom. The van der Waals surface area contributed by atoms with Crippen LogP contribution in [0.1, 0.15) is 47.5 Å². The molecule has 20 heavy (non-hydrogen) atoms. The van der Waals surface area contributed by atoms with Gasteiger partial charge in [-0.3, -0.25) is 4.79 Å². The lowest BCUT2D eigenvalue weighted by atomic mass is 9.95. The van der Waals surface area contributed by atoms with Crippen LogP contribution in [0, 0.1) is 0 Å². The van der Waals surface area contributed by atoms with E-state index in [9.17, 15) is 9.59 Å². The lowest BCUT2D eigenvalue weighted by Gasteiger charge is -2.16. The number of hydrogen-bond acceptors (Lipinski definition) is 4. The highest BCUT2D eigenvalue weighted by molar-refractivity contribution is 9.10. The largest absolute Gasteiger partial charge is 0.465 e. The van der Waals surface area contributed by atoms with Crippen LogP contribution in [-0.4, -0.2) is 23.3 Å². The second kappa shape index (κ2) is 5.85. The SMILES string of the molecule is COC(=O)c1c(NC(=O)C(C)(C)Br)sc2c1CCCC2. The fraction of sp³-hybridized carbons (Fsp3) is 0.571. The molecule has 1 heterocycles. The first-order chi connectivity index (χ1) is 9.34. The van der Waals surface area contributed by atoms with Crippen molar-refractivity contribution in [1.82, 2.24) is 0 Å². The second-order valence-corrected chi connectivity index (χ2v) is 8.42. The van der Waals surface area contributed by atoms with Crippen LogP contribution in [0.3, 0.4) is 0 Å². The van der Waals surface area contributed by atoms with Crippen molar-refractivity contribution in [2.45, 2.75) is 43.9 Å². The lowest BCUT2D eigenvalue weighted by Crippen LogP contribution is -2.31. The van der Waals surface area contributed by atoms with Crippen LogP contribution in [-0.2, 0) is 22.4 Å². The van der Waals surface area contributed by atoms with Crippen molar-refractivity contribution in [3.8, 4) is 0 Å². The van der Waals surface area contributed by atoms with E-state index in [1.54, 1.807) is 13.8 Å². The van der Waals surface area contributed by atoms with Crippen molar-refractivity contribution in [3.05, 3.63) is 16.0 Å². The maximum absolute atomic E-state index is 12.1. The predicted octanol–water partition coefficient (Wildman–Crippen LogP) is 3.53. The van der Waals surface area contributed by atoms with E-state index in [1.165, 1.54) is 23.3 Å². The number of amides is 1. The topological polar surface area (TPSA) is 55.4 Å². The molecular weight excluding hydrogens is 342 g/mol. The highest BCUT2D eigenvalue weighted by atomic mass is 79.9. The molecule has 0 bridgehead atoms. The monoisotopic (exact) mass is 359 g/mol. The first kappa shape index (κ1) is 15.5. The molecule has 110 valence electrons. The van der Waals surface area contributed by atoms with Gasteiger partial charge in [-0.2, -0.15) is 0 Å². The Morgan fingerprint density at radius 1 is 1.30 bits per heavy atom. The molecule has 0 unspecified atom stereocenters. The molecule has 1 amide bonds. The average molecular weight is 360 g/mol. The van der Waals surface area contributed by atoms with Gasteiger partial charge in [0.2, 0.25) is 5.91 Å². The Hall–Kier alpha value is -0.880. The molecule has 0 saturated heterocycles. The zero-order chi connectivity index (χ0) is 14.9. The Labute approximate surface area is 131 Å². The molecule has 4 nitrogen and oxygen atoms in total. The maximum Gasteiger partial charge on any atom is 0.341 e. The summed E-state index contributed by atoms with van der Waals surface area (Å²) in [5, 5.41) is 3.47. The van der Waals surface area contributed by atoms with Crippen molar-refractivity contribution in [3.63, 3.8) is 0 Å².